The first-order valence-corrected chi connectivity index (χ1v) is 9.25. The molecule has 2 N–H and O–H groups in total. The summed E-state index contributed by atoms with van der Waals surface area (Å²) in [7, 11) is 0. The monoisotopic (exact) mass is 390 g/mol. The van der Waals surface area contributed by atoms with E-state index in [9.17, 15) is 4.79 Å². The number of nitrogens with one attached hydrogen (secondary N) is 2. The van der Waals surface area contributed by atoms with Crippen LogP contribution < -0.4 is 10.7 Å². The molecule has 1 amide bonds. The van der Waals surface area contributed by atoms with Gasteiger partial charge in [0, 0.05) is 11.4 Å². The largest absolute Gasteiger partial charge is 0.326 e. The lowest BCUT2D eigenvalue weighted by Crippen LogP contribution is -2.25. The Bertz CT molecular complexity index is 942. The summed E-state index contributed by atoms with van der Waals surface area (Å²) in [5.41, 5.74) is 7.49. The number of aliphatic imine (C=N–C) groups is 1. The van der Waals surface area contributed by atoms with Crippen LogP contribution >= 0.6 is 35.0 Å². The Morgan fingerprint density at radius 2 is 2.00 bits per heavy atom. The number of amides is 1. The van der Waals surface area contributed by atoms with Crippen molar-refractivity contribution in [1.82, 2.24) is 5.43 Å². The highest BCUT2D eigenvalue weighted by atomic mass is 35.5. The van der Waals surface area contributed by atoms with Gasteiger partial charge >= 0.3 is 0 Å². The van der Waals surface area contributed by atoms with Crippen LogP contribution in [0.4, 0.5) is 11.4 Å². The van der Waals surface area contributed by atoms with Crippen molar-refractivity contribution in [2.24, 2.45) is 10.1 Å². The first kappa shape index (κ1) is 16.4. The third-order valence-electron chi connectivity index (χ3n) is 3.83. The number of carbonyl (C=O) groups excluding carboxylic acids is 1. The number of fused-ring (bicyclic) bond motifs is 1. The number of carbonyl (C=O) groups is 1. The third-order valence-corrected chi connectivity index (χ3v) is 5.44. The molecule has 2 heterocycles. The maximum atomic E-state index is 11.5. The molecule has 0 bridgehead atoms. The molecule has 2 aliphatic rings. The molecule has 0 aliphatic carbocycles. The molecular formula is C17H12Cl2N4OS. The third kappa shape index (κ3) is 3.51. The fourth-order valence-corrected chi connectivity index (χ4v) is 3.68. The SMILES string of the molecule is O=C1Cc2cc(C3=NNC(=Nc4ccc(Cl)c(Cl)c4)SC3)ccc2N1. The Kier molecular flexibility index (Phi) is 4.41. The van der Waals surface area contributed by atoms with Gasteiger partial charge in [0.05, 0.1) is 27.9 Å². The van der Waals surface area contributed by atoms with Crippen molar-refractivity contribution < 1.29 is 4.79 Å². The highest BCUT2D eigenvalue weighted by Crippen LogP contribution is 2.28. The summed E-state index contributed by atoms with van der Waals surface area (Å²) >= 11 is 13.5. The number of halogens is 2. The minimum Gasteiger partial charge on any atom is -0.326 e. The van der Waals surface area contributed by atoms with E-state index < -0.39 is 0 Å². The summed E-state index contributed by atoms with van der Waals surface area (Å²) in [5, 5.41) is 8.91. The van der Waals surface area contributed by atoms with E-state index in [2.05, 4.69) is 20.8 Å². The molecule has 0 radical (unpaired) electrons. The van der Waals surface area contributed by atoms with E-state index in [1.165, 1.54) is 0 Å². The van der Waals surface area contributed by atoms with Crippen LogP contribution in [0.2, 0.25) is 10.0 Å². The quantitative estimate of drug-likeness (QED) is 0.806. The fraction of sp³-hybridized carbons (Fsp3) is 0.118. The van der Waals surface area contributed by atoms with Crippen LogP contribution in [0.5, 0.6) is 0 Å². The van der Waals surface area contributed by atoms with Gasteiger partial charge in [0.15, 0.2) is 5.17 Å². The van der Waals surface area contributed by atoms with Crippen LogP contribution in [0.25, 0.3) is 0 Å². The molecule has 126 valence electrons. The molecule has 2 aliphatic heterocycles. The minimum atomic E-state index is 0.0290. The van der Waals surface area contributed by atoms with E-state index in [1.807, 2.05) is 18.2 Å². The van der Waals surface area contributed by atoms with Crippen LogP contribution in [0.15, 0.2) is 46.5 Å². The predicted molar refractivity (Wildman–Crippen MR) is 104 cm³/mol. The molecule has 4 rings (SSSR count). The van der Waals surface area contributed by atoms with E-state index in [-0.39, 0.29) is 5.91 Å². The van der Waals surface area contributed by atoms with Gasteiger partial charge < -0.3 is 5.32 Å². The van der Waals surface area contributed by atoms with Gasteiger partial charge in [-0.3, -0.25) is 10.2 Å². The number of anilines is 1. The highest BCUT2D eigenvalue weighted by molar-refractivity contribution is 8.14. The summed E-state index contributed by atoms with van der Waals surface area (Å²) in [4.78, 5) is 15.9. The van der Waals surface area contributed by atoms with Crippen molar-refractivity contribution in [2.75, 3.05) is 11.1 Å². The molecule has 2 aromatic carbocycles. The van der Waals surface area contributed by atoms with Gasteiger partial charge in [0.1, 0.15) is 0 Å². The molecule has 0 aromatic heterocycles. The van der Waals surface area contributed by atoms with E-state index in [4.69, 9.17) is 23.2 Å². The number of hydrogen-bond donors (Lipinski definition) is 2. The lowest BCUT2D eigenvalue weighted by molar-refractivity contribution is -0.115. The molecule has 0 spiro atoms. The number of nitrogens with zero attached hydrogens (tertiary/aromatic N) is 2. The zero-order valence-electron chi connectivity index (χ0n) is 12.8. The first-order chi connectivity index (χ1) is 12.1. The predicted octanol–water partition coefficient (Wildman–Crippen LogP) is 4.22. The number of rotatable bonds is 2. The number of thioether (sulfide) groups is 1. The summed E-state index contributed by atoms with van der Waals surface area (Å²) in [6.45, 7) is 0. The molecule has 0 unspecified atom stereocenters. The lowest BCUT2D eigenvalue weighted by atomic mass is 10.1. The van der Waals surface area contributed by atoms with Crippen molar-refractivity contribution in [3.63, 3.8) is 0 Å². The van der Waals surface area contributed by atoms with Gasteiger partial charge in [-0.15, -0.1) is 0 Å². The van der Waals surface area contributed by atoms with Crippen LogP contribution in [-0.4, -0.2) is 22.5 Å². The van der Waals surface area contributed by atoms with Crippen LogP contribution in [0, 0.1) is 0 Å². The summed E-state index contributed by atoms with van der Waals surface area (Å²) in [6.07, 6.45) is 0.418. The molecule has 0 saturated heterocycles. The van der Waals surface area contributed by atoms with Crippen molar-refractivity contribution in [3.05, 3.63) is 57.6 Å². The second-order valence-electron chi connectivity index (χ2n) is 5.57. The highest BCUT2D eigenvalue weighted by Gasteiger charge is 2.20. The Labute approximate surface area is 158 Å². The maximum absolute atomic E-state index is 11.5. The van der Waals surface area contributed by atoms with Gasteiger partial charge in [-0.2, -0.15) is 5.10 Å². The van der Waals surface area contributed by atoms with Crippen molar-refractivity contribution in [2.45, 2.75) is 6.42 Å². The fourth-order valence-electron chi connectivity index (χ4n) is 2.60. The summed E-state index contributed by atoms with van der Waals surface area (Å²) < 4.78 is 0. The van der Waals surface area contributed by atoms with E-state index in [1.54, 1.807) is 30.0 Å². The number of hydrogen-bond acceptors (Lipinski definition) is 4. The van der Waals surface area contributed by atoms with Crippen LogP contribution in [0.3, 0.4) is 0 Å². The first-order valence-electron chi connectivity index (χ1n) is 7.51. The summed E-state index contributed by atoms with van der Waals surface area (Å²) in [5.74, 6) is 0.717. The van der Waals surface area contributed by atoms with Gasteiger partial charge in [-0.1, -0.05) is 41.0 Å². The maximum Gasteiger partial charge on any atom is 0.228 e. The minimum absolute atomic E-state index is 0.0290. The van der Waals surface area contributed by atoms with Crippen LogP contribution in [-0.2, 0) is 11.2 Å². The van der Waals surface area contributed by atoms with Crippen molar-refractivity contribution in [1.29, 1.82) is 0 Å². The van der Waals surface area contributed by atoms with Crippen molar-refractivity contribution >= 4 is 63.1 Å². The number of benzene rings is 2. The number of hydrazone groups is 1. The average molecular weight is 391 g/mol. The van der Waals surface area contributed by atoms with Gasteiger partial charge in [-0.25, -0.2) is 4.99 Å². The Balaban J connectivity index is 1.52. The number of amidine groups is 1. The zero-order chi connectivity index (χ0) is 17.4. The van der Waals surface area contributed by atoms with Gasteiger partial charge in [-0.05, 0) is 41.5 Å². The molecular weight excluding hydrogens is 379 g/mol. The standard InChI is InChI=1S/C17H12Cl2N4OS/c18-12-3-2-11(7-13(12)19)20-17-23-22-15(8-25-17)9-1-4-14-10(5-9)6-16(24)21-14/h1-5,7H,6,8H2,(H,20,23)(H,21,24). The molecule has 0 atom stereocenters. The molecule has 8 heteroatoms. The molecule has 0 saturated carbocycles. The Hall–Kier alpha value is -2.02. The average Bonchev–Trinajstić information content (AvgIpc) is 2.98. The second kappa shape index (κ2) is 6.71. The second-order valence-corrected chi connectivity index (χ2v) is 7.35. The lowest BCUT2D eigenvalue weighted by Gasteiger charge is -2.15. The van der Waals surface area contributed by atoms with Gasteiger partial charge in [0.2, 0.25) is 5.91 Å². The molecule has 25 heavy (non-hydrogen) atoms. The zero-order valence-corrected chi connectivity index (χ0v) is 15.2. The molecule has 5 nitrogen and oxygen atoms in total. The summed E-state index contributed by atoms with van der Waals surface area (Å²) in [6, 6.07) is 11.1. The smallest absolute Gasteiger partial charge is 0.228 e. The van der Waals surface area contributed by atoms with Gasteiger partial charge in [0.25, 0.3) is 0 Å². The van der Waals surface area contributed by atoms with E-state index in [0.717, 1.165) is 22.5 Å². The topological polar surface area (TPSA) is 65.8 Å². The van der Waals surface area contributed by atoms with E-state index >= 15 is 0 Å². The van der Waals surface area contributed by atoms with Crippen LogP contribution in [0.1, 0.15) is 11.1 Å². The Morgan fingerprint density at radius 3 is 2.76 bits per heavy atom. The molecule has 0 fully saturated rings. The molecule has 2 aromatic rings. The normalized spacial score (nSPS) is 17.8. The van der Waals surface area contributed by atoms with Crippen molar-refractivity contribution in [3.8, 4) is 0 Å². The van der Waals surface area contributed by atoms with E-state index in [0.29, 0.717) is 33.1 Å². The Morgan fingerprint density at radius 1 is 1.12 bits per heavy atom.